The Morgan fingerprint density at radius 2 is 1.65 bits per heavy atom. The number of hydrogen-bond acceptors (Lipinski definition) is 15. The van der Waals surface area contributed by atoms with E-state index < -0.39 is 77.8 Å². The van der Waals surface area contributed by atoms with Gasteiger partial charge in [-0.15, -0.1) is 10.2 Å². The van der Waals surface area contributed by atoms with Gasteiger partial charge in [0.1, 0.15) is 18.2 Å². The fraction of sp³-hybridized carbons (Fsp3) is 0.731. The molecule has 0 aromatic carbocycles. The van der Waals surface area contributed by atoms with E-state index in [1.54, 1.807) is 45.9 Å². The number of carbonyl (C=O) groups is 5. The maximum absolute atomic E-state index is 14.5. The highest BCUT2D eigenvalue weighted by Gasteiger charge is 2.53. The lowest BCUT2D eigenvalue weighted by Crippen LogP contribution is -2.61. The van der Waals surface area contributed by atoms with Gasteiger partial charge in [0.25, 0.3) is 11.7 Å². The molecule has 1 aliphatic carbocycles. The van der Waals surface area contributed by atoms with E-state index in [9.17, 15) is 34.2 Å². The lowest BCUT2D eigenvalue weighted by atomic mass is 9.78. The average Bonchev–Trinajstić information content (AvgIpc) is 3.88. The smallest absolute Gasteiger partial charge is 0.329 e. The number of esters is 1. The molecule has 4 unspecified atom stereocenters. The Morgan fingerprint density at radius 3 is 2.33 bits per heavy atom. The van der Waals surface area contributed by atoms with Gasteiger partial charge in [-0.1, -0.05) is 71.1 Å². The maximum atomic E-state index is 14.5. The molecule has 17 nitrogen and oxygen atoms in total. The molecule has 2 N–H and O–H groups in total. The zero-order chi connectivity index (χ0) is 50.6. The second-order valence-corrected chi connectivity index (χ2v) is 20.4. The monoisotopic (exact) mass is 966 g/mol. The number of hydrogen-bond donors (Lipinski definition) is 2. The van der Waals surface area contributed by atoms with E-state index in [4.69, 9.17) is 23.7 Å². The van der Waals surface area contributed by atoms with Gasteiger partial charge >= 0.3 is 5.97 Å². The number of amides is 1. The molecule has 0 spiro atoms. The summed E-state index contributed by atoms with van der Waals surface area (Å²) in [4.78, 5) is 73.9. The molecule has 3 aliphatic heterocycles. The van der Waals surface area contributed by atoms with Gasteiger partial charge < -0.3 is 38.8 Å². The average molecular weight is 966 g/mol. The van der Waals surface area contributed by atoms with Gasteiger partial charge in [-0.3, -0.25) is 19.2 Å². The molecular formula is C52H79N5O12. The van der Waals surface area contributed by atoms with Crippen LogP contribution in [0.15, 0.2) is 53.9 Å². The zero-order valence-corrected chi connectivity index (χ0v) is 42.5. The van der Waals surface area contributed by atoms with Crippen molar-refractivity contribution >= 4 is 29.2 Å². The third-order valence-electron chi connectivity index (χ3n) is 15.2. The lowest BCUT2D eigenvalue weighted by molar-refractivity contribution is -0.265. The Bertz CT molecular complexity index is 2020. The summed E-state index contributed by atoms with van der Waals surface area (Å²) < 4.78 is 29.9. The summed E-state index contributed by atoms with van der Waals surface area (Å²) >= 11 is 0. The topological polar surface area (TPSA) is 219 Å². The number of carbonyl (C=O) groups excluding carboxylic acids is 5. The van der Waals surface area contributed by atoms with E-state index in [0.29, 0.717) is 56.9 Å². The van der Waals surface area contributed by atoms with Crippen molar-refractivity contribution in [2.24, 2.45) is 35.5 Å². The number of Topliss-reactive ketones (excluding diaryl/α,β-unsaturated/α-hetero) is 3. The van der Waals surface area contributed by atoms with Crippen LogP contribution < -0.4 is 0 Å². The van der Waals surface area contributed by atoms with E-state index in [1.807, 2.05) is 58.1 Å². The molecule has 4 heterocycles. The number of ether oxygens (including phenoxy) is 5. The first-order valence-corrected chi connectivity index (χ1v) is 25.0. The van der Waals surface area contributed by atoms with Gasteiger partial charge in [-0.05, 0) is 112 Å². The van der Waals surface area contributed by atoms with E-state index >= 15 is 0 Å². The number of aromatic nitrogens is 4. The second-order valence-electron chi connectivity index (χ2n) is 20.4. The molecule has 0 radical (unpaired) electrons. The van der Waals surface area contributed by atoms with Gasteiger partial charge in [-0.25, -0.2) is 4.79 Å². The van der Waals surface area contributed by atoms with E-state index in [-0.39, 0.29) is 60.9 Å². The maximum Gasteiger partial charge on any atom is 0.329 e. The zero-order valence-electron chi connectivity index (χ0n) is 42.5. The molecule has 1 aromatic rings. The number of fused-ring (bicyclic) bond motifs is 3. The number of rotatable bonds is 7. The van der Waals surface area contributed by atoms with Crippen LogP contribution in [-0.2, 0) is 47.7 Å². The first-order valence-electron chi connectivity index (χ1n) is 25.0. The first kappa shape index (κ1) is 55.7. The summed E-state index contributed by atoms with van der Waals surface area (Å²) in [5.41, 5.74) is 1.20. The molecule has 2 saturated heterocycles. The standard InChI is InChI=1S/C52H79N5O12/c1-31-16-12-11-13-17-32(2)43(65-8)28-39-21-19-37(7)52(64,69-39)49(61)50(62)56-23-15-14-18-41(56)51(63)68-44(34(4)26-38-20-22-40(45(27-38)66-9)57-54-30-53-55-57)29-42(58)33(3)25-36(6)47(60)48(67-10)46(59)35(5)24-31/h11-13,16-17,25,30-31,34-41,43-45,47-48,60,64H,14-15,18-24,26-29H2,1-10H3/t31-,34-,35?,36?,37-,38?,39+,40+,41+,43+,44+,45-,47-,48?,52-/m1/s1. The minimum atomic E-state index is -2.43. The van der Waals surface area contributed by atoms with Crippen LogP contribution >= 0.6 is 0 Å². The fourth-order valence-electron chi connectivity index (χ4n) is 10.7. The van der Waals surface area contributed by atoms with Gasteiger partial charge in [-0.2, -0.15) is 4.80 Å². The first-order chi connectivity index (χ1) is 32.8. The predicted octanol–water partition coefficient (Wildman–Crippen LogP) is 6.05. The van der Waals surface area contributed by atoms with Crippen molar-refractivity contribution in [1.82, 2.24) is 25.1 Å². The summed E-state index contributed by atoms with van der Waals surface area (Å²) in [6, 6.07) is -1.25. The molecule has 384 valence electrons. The number of piperidine rings is 1. The molecule has 15 atom stereocenters. The predicted molar refractivity (Wildman–Crippen MR) is 256 cm³/mol. The number of allylic oxidation sites excluding steroid dienone is 6. The van der Waals surface area contributed by atoms with Crippen molar-refractivity contribution in [3.8, 4) is 0 Å². The third kappa shape index (κ3) is 14.2. The van der Waals surface area contributed by atoms with Gasteiger partial charge in [0.05, 0.1) is 30.5 Å². The Hall–Kier alpha value is -4.26. The number of ketones is 3. The molecule has 1 amide bonds. The second kappa shape index (κ2) is 25.7. The normalized spacial score (nSPS) is 36.3. The number of tetrazole rings is 1. The van der Waals surface area contributed by atoms with E-state index in [2.05, 4.69) is 15.4 Å². The molecule has 1 saturated carbocycles. The van der Waals surface area contributed by atoms with Crippen LogP contribution in [0.4, 0.5) is 0 Å². The number of nitrogens with zero attached hydrogens (tertiary/aromatic N) is 5. The molecule has 2 bridgehead atoms. The van der Waals surface area contributed by atoms with Crippen molar-refractivity contribution in [3.05, 3.63) is 53.9 Å². The largest absolute Gasteiger partial charge is 0.460 e. The lowest BCUT2D eigenvalue weighted by Gasteiger charge is -2.42. The quantitative estimate of drug-likeness (QED) is 0.235. The summed E-state index contributed by atoms with van der Waals surface area (Å²) in [6.45, 7) is 12.8. The molecule has 4 aliphatic rings. The minimum absolute atomic E-state index is 0.0195. The number of aliphatic hydroxyl groups excluding tert-OH is 1. The highest BCUT2D eigenvalue weighted by Crippen LogP contribution is 2.39. The summed E-state index contributed by atoms with van der Waals surface area (Å²) in [6.07, 6.45) is 13.7. The SMILES string of the molecule is COC1C(=O)C(C)C[C@H](C)C=CC=CC=C(C)[C@@H](OC)C[C@@H]2CC[C@@H](C)[C@@](O)(O2)C(=O)C(=O)N2CCCC[C@H]2C(=O)O[C@H]([C@H](C)CC2CC[C@H](n3ncnn3)[C@H](OC)C2)CC(=O)C(C)=CC(C)[C@H]1O. The van der Waals surface area contributed by atoms with Crippen LogP contribution in [0.5, 0.6) is 0 Å². The van der Waals surface area contributed by atoms with Crippen LogP contribution in [0.1, 0.15) is 132 Å². The van der Waals surface area contributed by atoms with Gasteiger partial charge in [0.15, 0.2) is 17.9 Å². The van der Waals surface area contributed by atoms with Crippen LogP contribution in [0.2, 0.25) is 0 Å². The van der Waals surface area contributed by atoms with Crippen molar-refractivity contribution in [2.75, 3.05) is 27.9 Å². The Morgan fingerprint density at radius 1 is 0.899 bits per heavy atom. The highest BCUT2D eigenvalue weighted by atomic mass is 16.6. The highest BCUT2D eigenvalue weighted by molar-refractivity contribution is 6.39. The van der Waals surface area contributed by atoms with Crippen molar-refractivity contribution in [3.63, 3.8) is 0 Å². The summed E-state index contributed by atoms with van der Waals surface area (Å²) in [5, 5.41) is 35.7. The molecular weight excluding hydrogens is 887 g/mol. The van der Waals surface area contributed by atoms with Crippen LogP contribution in [0.3, 0.4) is 0 Å². The fourth-order valence-corrected chi connectivity index (χ4v) is 10.7. The number of aliphatic hydroxyl groups is 2. The van der Waals surface area contributed by atoms with E-state index in [1.165, 1.54) is 18.3 Å². The van der Waals surface area contributed by atoms with E-state index in [0.717, 1.165) is 18.4 Å². The van der Waals surface area contributed by atoms with Crippen LogP contribution in [0.25, 0.3) is 0 Å². The number of methoxy groups -OCH3 is 3. The Balaban J connectivity index is 1.46. The Labute approximate surface area is 408 Å². The molecule has 5 rings (SSSR count). The van der Waals surface area contributed by atoms with Crippen LogP contribution in [0, 0.1) is 35.5 Å². The Kier molecular flexibility index (Phi) is 20.8. The van der Waals surface area contributed by atoms with Crippen molar-refractivity contribution in [1.29, 1.82) is 0 Å². The molecule has 1 aromatic heterocycles. The van der Waals surface area contributed by atoms with Gasteiger partial charge in [0.2, 0.25) is 5.79 Å². The molecule has 69 heavy (non-hydrogen) atoms. The molecule has 17 heteroatoms. The van der Waals surface area contributed by atoms with Crippen molar-refractivity contribution < 1.29 is 57.9 Å². The third-order valence-corrected chi connectivity index (χ3v) is 15.2. The molecule has 3 fully saturated rings. The van der Waals surface area contributed by atoms with Crippen molar-refractivity contribution in [2.45, 2.75) is 180 Å². The summed E-state index contributed by atoms with van der Waals surface area (Å²) in [7, 11) is 4.62. The van der Waals surface area contributed by atoms with Crippen LogP contribution in [-0.4, -0.2) is 141 Å². The summed E-state index contributed by atoms with van der Waals surface area (Å²) in [5.74, 6) is -7.91. The minimum Gasteiger partial charge on any atom is -0.460 e. The number of cyclic esters (lactones) is 1. The van der Waals surface area contributed by atoms with Gasteiger partial charge in [0, 0.05) is 58.5 Å².